The average Bonchev–Trinajstić information content (AvgIpc) is 2.22. The summed E-state index contributed by atoms with van der Waals surface area (Å²) in [6, 6.07) is 4.28. The second-order valence-electron chi connectivity index (χ2n) is 4.17. The van der Waals surface area contributed by atoms with Gasteiger partial charge in [0.25, 0.3) is 0 Å². The first kappa shape index (κ1) is 14.0. The Morgan fingerprint density at radius 3 is 2.06 bits per heavy atom. The Bertz CT molecular complexity index is 323. The van der Waals surface area contributed by atoms with Gasteiger partial charge in [-0.15, -0.1) is 0 Å². The van der Waals surface area contributed by atoms with Crippen LogP contribution in [0.25, 0.3) is 0 Å². The number of benzene rings is 1. The molecule has 0 saturated heterocycles. The lowest BCUT2D eigenvalue weighted by Gasteiger charge is -2.17. The summed E-state index contributed by atoms with van der Waals surface area (Å²) < 4.78 is 2.26. The van der Waals surface area contributed by atoms with Crippen LogP contribution >= 0.6 is 31.9 Å². The SMILES string of the molecule is CCC(CC)CNc1c(Br)cc(C)cc1Br. The zero-order valence-corrected chi connectivity index (χ0v) is 13.3. The van der Waals surface area contributed by atoms with Crippen molar-refractivity contribution in [3.05, 3.63) is 26.6 Å². The topological polar surface area (TPSA) is 12.0 Å². The Morgan fingerprint density at radius 2 is 1.62 bits per heavy atom. The fourth-order valence-electron chi connectivity index (χ4n) is 1.69. The van der Waals surface area contributed by atoms with Crippen molar-refractivity contribution < 1.29 is 0 Å². The van der Waals surface area contributed by atoms with Crippen LogP contribution in [-0.2, 0) is 0 Å². The van der Waals surface area contributed by atoms with E-state index in [0.717, 1.165) is 27.1 Å². The fraction of sp³-hybridized carbons (Fsp3) is 0.538. The van der Waals surface area contributed by atoms with E-state index >= 15 is 0 Å². The molecule has 0 radical (unpaired) electrons. The molecule has 16 heavy (non-hydrogen) atoms. The minimum atomic E-state index is 0.750. The standard InChI is InChI=1S/C13H19Br2N/c1-4-10(5-2)8-16-13-11(14)6-9(3)7-12(13)15/h6-7,10,16H,4-5,8H2,1-3H3. The van der Waals surface area contributed by atoms with E-state index in [2.05, 4.69) is 70.1 Å². The Kier molecular flexibility index (Phi) is 5.84. The minimum absolute atomic E-state index is 0.750. The molecule has 0 aliphatic carbocycles. The van der Waals surface area contributed by atoms with Gasteiger partial charge in [0.2, 0.25) is 0 Å². The summed E-state index contributed by atoms with van der Waals surface area (Å²) in [7, 11) is 0. The van der Waals surface area contributed by atoms with E-state index in [4.69, 9.17) is 0 Å². The van der Waals surface area contributed by atoms with Crippen molar-refractivity contribution in [3.8, 4) is 0 Å². The molecule has 0 amide bonds. The zero-order chi connectivity index (χ0) is 12.1. The molecular formula is C13H19Br2N. The summed E-state index contributed by atoms with van der Waals surface area (Å²) in [5, 5.41) is 3.52. The molecule has 1 nitrogen and oxygen atoms in total. The van der Waals surface area contributed by atoms with E-state index in [1.54, 1.807) is 0 Å². The Hall–Kier alpha value is -0.0200. The Morgan fingerprint density at radius 1 is 1.12 bits per heavy atom. The van der Waals surface area contributed by atoms with Crippen molar-refractivity contribution in [3.63, 3.8) is 0 Å². The van der Waals surface area contributed by atoms with E-state index in [9.17, 15) is 0 Å². The molecular weight excluding hydrogens is 330 g/mol. The molecule has 0 aliphatic rings. The maximum atomic E-state index is 3.60. The molecule has 0 fully saturated rings. The molecule has 0 saturated carbocycles. The fourth-order valence-corrected chi connectivity index (χ4v) is 3.39. The van der Waals surface area contributed by atoms with Crippen LogP contribution in [0.3, 0.4) is 0 Å². The van der Waals surface area contributed by atoms with Crippen LogP contribution in [0.2, 0.25) is 0 Å². The second kappa shape index (κ2) is 6.65. The molecule has 0 aromatic heterocycles. The third kappa shape index (κ3) is 3.77. The third-order valence-electron chi connectivity index (χ3n) is 2.91. The summed E-state index contributed by atoms with van der Waals surface area (Å²) in [4.78, 5) is 0. The molecule has 90 valence electrons. The van der Waals surface area contributed by atoms with Crippen LogP contribution in [0.5, 0.6) is 0 Å². The molecule has 0 aliphatic heterocycles. The van der Waals surface area contributed by atoms with Gasteiger partial charge in [0.1, 0.15) is 0 Å². The lowest BCUT2D eigenvalue weighted by molar-refractivity contribution is 0.519. The number of halogens is 2. The predicted molar refractivity (Wildman–Crippen MR) is 79.1 cm³/mol. The quantitative estimate of drug-likeness (QED) is 0.754. The van der Waals surface area contributed by atoms with Crippen molar-refractivity contribution in [2.24, 2.45) is 5.92 Å². The third-order valence-corrected chi connectivity index (χ3v) is 4.16. The molecule has 0 unspecified atom stereocenters. The largest absolute Gasteiger partial charge is 0.383 e. The van der Waals surface area contributed by atoms with E-state index in [-0.39, 0.29) is 0 Å². The number of hydrogen-bond donors (Lipinski definition) is 1. The van der Waals surface area contributed by atoms with Gasteiger partial charge in [-0.1, -0.05) is 26.7 Å². The van der Waals surface area contributed by atoms with Crippen LogP contribution in [0.4, 0.5) is 5.69 Å². The van der Waals surface area contributed by atoms with Crippen molar-refractivity contribution in [2.75, 3.05) is 11.9 Å². The predicted octanol–water partition coefficient (Wildman–Crippen LogP) is 5.37. The van der Waals surface area contributed by atoms with Crippen LogP contribution < -0.4 is 5.32 Å². The van der Waals surface area contributed by atoms with Gasteiger partial charge in [-0.25, -0.2) is 0 Å². The monoisotopic (exact) mass is 347 g/mol. The van der Waals surface area contributed by atoms with Gasteiger partial charge in [0, 0.05) is 15.5 Å². The highest BCUT2D eigenvalue weighted by molar-refractivity contribution is 9.11. The van der Waals surface area contributed by atoms with Gasteiger partial charge in [0.15, 0.2) is 0 Å². The highest BCUT2D eigenvalue weighted by Crippen LogP contribution is 2.32. The van der Waals surface area contributed by atoms with Crippen molar-refractivity contribution in [2.45, 2.75) is 33.6 Å². The average molecular weight is 349 g/mol. The summed E-state index contributed by atoms with van der Waals surface area (Å²) in [5.74, 6) is 0.750. The summed E-state index contributed by atoms with van der Waals surface area (Å²) in [5.41, 5.74) is 2.42. The summed E-state index contributed by atoms with van der Waals surface area (Å²) in [6.07, 6.45) is 2.45. The first-order valence-electron chi connectivity index (χ1n) is 5.78. The van der Waals surface area contributed by atoms with E-state index in [0.29, 0.717) is 0 Å². The van der Waals surface area contributed by atoms with E-state index < -0.39 is 0 Å². The number of anilines is 1. The highest BCUT2D eigenvalue weighted by Gasteiger charge is 2.08. The molecule has 0 spiro atoms. The maximum absolute atomic E-state index is 3.60. The van der Waals surface area contributed by atoms with E-state index in [1.807, 2.05) is 0 Å². The number of aryl methyl sites for hydroxylation is 1. The molecule has 3 heteroatoms. The van der Waals surface area contributed by atoms with Gasteiger partial charge in [0.05, 0.1) is 5.69 Å². The molecule has 0 bridgehead atoms. The van der Waals surface area contributed by atoms with Crippen molar-refractivity contribution in [1.29, 1.82) is 0 Å². The van der Waals surface area contributed by atoms with Gasteiger partial charge in [-0.2, -0.15) is 0 Å². The number of nitrogens with one attached hydrogen (secondary N) is 1. The zero-order valence-electron chi connectivity index (χ0n) is 10.1. The van der Waals surface area contributed by atoms with Gasteiger partial charge >= 0.3 is 0 Å². The Labute approximate surface area is 115 Å². The van der Waals surface area contributed by atoms with Gasteiger partial charge in [-0.05, 0) is 62.4 Å². The van der Waals surface area contributed by atoms with Gasteiger partial charge < -0.3 is 5.32 Å². The summed E-state index contributed by atoms with van der Waals surface area (Å²) in [6.45, 7) is 7.62. The number of rotatable bonds is 5. The van der Waals surface area contributed by atoms with E-state index in [1.165, 1.54) is 18.4 Å². The lowest BCUT2D eigenvalue weighted by Crippen LogP contribution is -2.13. The first-order chi connectivity index (χ1) is 7.58. The maximum Gasteiger partial charge on any atom is 0.0629 e. The first-order valence-corrected chi connectivity index (χ1v) is 7.36. The summed E-state index contributed by atoms with van der Waals surface area (Å²) >= 11 is 7.20. The molecule has 1 aromatic rings. The Balaban J connectivity index is 2.74. The molecule has 0 atom stereocenters. The smallest absolute Gasteiger partial charge is 0.0629 e. The molecule has 1 aromatic carbocycles. The van der Waals surface area contributed by atoms with Crippen molar-refractivity contribution >= 4 is 37.5 Å². The second-order valence-corrected chi connectivity index (χ2v) is 5.88. The normalized spacial score (nSPS) is 10.9. The lowest BCUT2D eigenvalue weighted by atomic mass is 10.0. The van der Waals surface area contributed by atoms with Crippen LogP contribution in [0, 0.1) is 12.8 Å². The van der Waals surface area contributed by atoms with Crippen molar-refractivity contribution in [1.82, 2.24) is 0 Å². The molecule has 1 rings (SSSR count). The number of hydrogen-bond acceptors (Lipinski definition) is 1. The van der Waals surface area contributed by atoms with Crippen LogP contribution in [-0.4, -0.2) is 6.54 Å². The highest BCUT2D eigenvalue weighted by atomic mass is 79.9. The minimum Gasteiger partial charge on any atom is -0.383 e. The molecule has 0 heterocycles. The van der Waals surface area contributed by atoms with Crippen LogP contribution in [0.15, 0.2) is 21.1 Å². The van der Waals surface area contributed by atoms with Gasteiger partial charge in [-0.3, -0.25) is 0 Å². The molecule has 1 N–H and O–H groups in total. The van der Waals surface area contributed by atoms with Crippen LogP contribution in [0.1, 0.15) is 32.3 Å².